The van der Waals surface area contributed by atoms with Gasteiger partial charge in [-0.05, 0) is 61.1 Å². The third-order valence-electron chi connectivity index (χ3n) is 7.05. The van der Waals surface area contributed by atoms with Crippen LogP contribution in [0.3, 0.4) is 0 Å². The Balaban J connectivity index is 1.60. The van der Waals surface area contributed by atoms with E-state index < -0.39 is 38.4 Å². The molecule has 2 bridgehead atoms. The van der Waals surface area contributed by atoms with Gasteiger partial charge in [0.05, 0.1) is 15.2 Å². The van der Waals surface area contributed by atoms with Gasteiger partial charge in [0.1, 0.15) is 0 Å². The molecule has 4 rings (SSSR count). The average Bonchev–Trinajstić information content (AvgIpc) is 2.94. The summed E-state index contributed by atoms with van der Waals surface area (Å²) >= 11 is 6.21. The summed E-state index contributed by atoms with van der Waals surface area (Å²) in [7, 11) is -3.88. The quantitative estimate of drug-likeness (QED) is 0.575. The van der Waals surface area contributed by atoms with E-state index >= 15 is 0 Å². The molecule has 2 N–H and O–H groups in total. The van der Waals surface area contributed by atoms with Crippen molar-refractivity contribution in [3.05, 3.63) is 58.4 Å². The smallest absolute Gasteiger partial charge is 0.255 e. The van der Waals surface area contributed by atoms with Crippen LogP contribution in [-0.4, -0.2) is 31.3 Å². The minimum Gasteiger partial charge on any atom is -0.396 e. The van der Waals surface area contributed by atoms with E-state index in [1.165, 1.54) is 12.1 Å². The highest BCUT2D eigenvalue weighted by Gasteiger charge is 2.49. The number of aliphatic hydroxyl groups is 1. The Morgan fingerprint density at radius 3 is 2.39 bits per heavy atom. The number of sulfone groups is 1. The molecule has 2 unspecified atom stereocenters. The molecule has 2 aliphatic rings. The van der Waals surface area contributed by atoms with Crippen molar-refractivity contribution in [2.75, 3.05) is 11.9 Å². The maximum atomic E-state index is 13.5. The Bertz CT molecular complexity index is 1180. The van der Waals surface area contributed by atoms with Gasteiger partial charge in [-0.3, -0.25) is 4.79 Å². The van der Waals surface area contributed by atoms with Crippen molar-refractivity contribution < 1.29 is 31.5 Å². The number of rotatable bonds is 5. The standard InChI is InChI=1S/C23H23ClF3NO4S/c1-11-4-13-5-15(9-16(11)17(13)10-29)33(31,32)21-6-12(2-3-18(21)24)23(30)28-14-7-19(25)22(27)20(26)8-14/h2-3,6-8,11,13,15-17,29H,4-5,9-10H2,1H3,(H,28,30)/t11-,13?,15-,16?,17-/m0/s1. The molecule has 178 valence electrons. The first-order valence-electron chi connectivity index (χ1n) is 10.6. The largest absolute Gasteiger partial charge is 0.396 e. The van der Waals surface area contributed by atoms with Crippen LogP contribution in [0.5, 0.6) is 0 Å². The Morgan fingerprint density at radius 2 is 1.79 bits per heavy atom. The molecular weight excluding hydrogens is 479 g/mol. The van der Waals surface area contributed by atoms with Crippen LogP contribution in [0.2, 0.25) is 5.02 Å². The number of aliphatic hydroxyl groups excluding tert-OH is 1. The van der Waals surface area contributed by atoms with Crippen LogP contribution >= 0.6 is 11.6 Å². The molecule has 2 aliphatic carbocycles. The van der Waals surface area contributed by atoms with Crippen LogP contribution < -0.4 is 5.32 Å². The van der Waals surface area contributed by atoms with Gasteiger partial charge in [0.2, 0.25) is 0 Å². The van der Waals surface area contributed by atoms with Crippen LogP contribution in [0.25, 0.3) is 0 Å². The maximum Gasteiger partial charge on any atom is 0.255 e. The molecule has 0 aromatic heterocycles. The number of amides is 1. The second-order valence-corrected chi connectivity index (χ2v) is 11.6. The first kappa shape index (κ1) is 24.0. The summed E-state index contributed by atoms with van der Waals surface area (Å²) in [6.45, 7) is 2.11. The molecule has 33 heavy (non-hydrogen) atoms. The Labute approximate surface area is 194 Å². The van der Waals surface area contributed by atoms with Crippen LogP contribution in [0.15, 0.2) is 35.2 Å². The lowest BCUT2D eigenvalue weighted by Crippen LogP contribution is -2.36. The average molecular weight is 502 g/mol. The van der Waals surface area contributed by atoms with Crippen molar-refractivity contribution in [2.24, 2.45) is 23.7 Å². The Kier molecular flexibility index (Phi) is 6.50. The lowest BCUT2D eigenvalue weighted by atomic mass is 9.77. The van der Waals surface area contributed by atoms with Gasteiger partial charge in [0, 0.05) is 30.0 Å². The molecule has 0 aliphatic heterocycles. The molecular formula is C23H23ClF3NO4S. The summed E-state index contributed by atoms with van der Waals surface area (Å²) in [5.41, 5.74) is -0.396. The fourth-order valence-corrected chi connectivity index (χ4v) is 7.83. The van der Waals surface area contributed by atoms with Crippen LogP contribution in [0.1, 0.15) is 36.5 Å². The SMILES string of the molecule is C[C@H]1CC2C[C@H](S(=O)(=O)c3cc(C(=O)Nc4cc(F)c(F)c(F)c4)ccc3Cl)CC1[C@H]2CO. The third-order valence-corrected chi connectivity index (χ3v) is 9.71. The first-order chi connectivity index (χ1) is 15.5. The van der Waals surface area contributed by atoms with Gasteiger partial charge in [-0.2, -0.15) is 0 Å². The Morgan fingerprint density at radius 1 is 1.12 bits per heavy atom. The molecule has 0 radical (unpaired) electrons. The van der Waals surface area contributed by atoms with Crippen molar-refractivity contribution in [1.82, 2.24) is 0 Å². The zero-order valence-electron chi connectivity index (χ0n) is 17.7. The monoisotopic (exact) mass is 501 g/mol. The lowest BCUT2D eigenvalue weighted by Gasteiger charge is -2.34. The van der Waals surface area contributed by atoms with Gasteiger partial charge in [-0.15, -0.1) is 0 Å². The van der Waals surface area contributed by atoms with E-state index in [4.69, 9.17) is 11.6 Å². The van der Waals surface area contributed by atoms with E-state index in [1.54, 1.807) is 0 Å². The maximum absolute atomic E-state index is 13.5. The highest BCUT2D eigenvalue weighted by molar-refractivity contribution is 7.92. The van der Waals surface area contributed by atoms with Gasteiger partial charge in [-0.25, -0.2) is 21.6 Å². The lowest BCUT2D eigenvalue weighted by molar-refractivity contribution is 0.102. The molecule has 1 amide bonds. The summed E-state index contributed by atoms with van der Waals surface area (Å²) in [5.74, 6) is -4.80. The molecule has 0 saturated heterocycles. The van der Waals surface area contributed by atoms with E-state index in [2.05, 4.69) is 12.2 Å². The van der Waals surface area contributed by atoms with Crippen LogP contribution in [0, 0.1) is 41.1 Å². The normalized spacial score (nSPS) is 26.9. The number of hydrogen-bond donors (Lipinski definition) is 2. The van der Waals surface area contributed by atoms with Crippen LogP contribution in [0.4, 0.5) is 18.9 Å². The zero-order valence-corrected chi connectivity index (χ0v) is 19.3. The number of anilines is 1. The predicted molar refractivity (Wildman–Crippen MR) is 117 cm³/mol. The fraction of sp³-hybridized carbons (Fsp3) is 0.435. The van der Waals surface area contributed by atoms with Crippen molar-refractivity contribution >= 4 is 33.0 Å². The third kappa shape index (κ3) is 4.38. The van der Waals surface area contributed by atoms with Gasteiger partial charge in [0.25, 0.3) is 5.91 Å². The van der Waals surface area contributed by atoms with E-state index in [9.17, 15) is 31.5 Å². The molecule has 5 atom stereocenters. The fourth-order valence-electron chi connectivity index (χ4n) is 5.43. The number of halogens is 4. The molecule has 2 saturated carbocycles. The van der Waals surface area contributed by atoms with Gasteiger partial charge in [-0.1, -0.05) is 18.5 Å². The highest BCUT2D eigenvalue weighted by Crippen LogP contribution is 2.52. The molecule has 2 fully saturated rings. The molecule has 5 nitrogen and oxygen atoms in total. The predicted octanol–water partition coefficient (Wildman–Crippen LogP) is 4.83. The minimum absolute atomic E-state index is 0.0323. The summed E-state index contributed by atoms with van der Waals surface area (Å²) in [4.78, 5) is 12.4. The van der Waals surface area contributed by atoms with Gasteiger partial charge in [0.15, 0.2) is 27.3 Å². The molecule has 0 heterocycles. The van der Waals surface area contributed by atoms with Crippen molar-refractivity contribution in [3.63, 3.8) is 0 Å². The van der Waals surface area contributed by atoms with E-state index in [0.29, 0.717) is 30.9 Å². The highest BCUT2D eigenvalue weighted by atomic mass is 35.5. The number of fused-ring (bicyclic) bond motifs is 2. The van der Waals surface area contributed by atoms with E-state index in [0.717, 1.165) is 12.5 Å². The molecule has 10 heteroatoms. The topological polar surface area (TPSA) is 83.5 Å². The molecule has 2 aromatic carbocycles. The zero-order chi connectivity index (χ0) is 24.1. The second-order valence-electron chi connectivity index (χ2n) is 8.97. The van der Waals surface area contributed by atoms with Crippen molar-refractivity contribution in [1.29, 1.82) is 0 Å². The summed E-state index contributed by atoms with van der Waals surface area (Å²) in [6, 6.07) is 4.97. The van der Waals surface area contributed by atoms with Crippen molar-refractivity contribution in [2.45, 2.75) is 36.3 Å². The summed E-state index contributed by atoms with van der Waals surface area (Å²) in [5, 5.41) is 11.2. The number of carbonyl (C=O) groups excluding carboxylic acids is 1. The van der Waals surface area contributed by atoms with Gasteiger partial charge < -0.3 is 10.4 Å². The second kappa shape index (κ2) is 8.92. The number of hydrogen-bond acceptors (Lipinski definition) is 4. The first-order valence-corrected chi connectivity index (χ1v) is 12.6. The van der Waals surface area contributed by atoms with Gasteiger partial charge >= 0.3 is 0 Å². The van der Waals surface area contributed by atoms with E-state index in [-0.39, 0.29) is 45.5 Å². The number of carbonyl (C=O) groups is 1. The summed E-state index contributed by atoms with van der Waals surface area (Å²) < 4.78 is 67.0. The van der Waals surface area contributed by atoms with Crippen molar-refractivity contribution in [3.8, 4) is 0 Å². The van der Waals surface area contributed by atoms with E-state index in [1.807, 2.05) is 0 Å². The molecule has 0 spiro atoms. The minimum atomic E-state index is -3.88. The number of nitrogens with one attached hydrogen (secondary N) is 1. The molecule has 2 aromatic rings. The van der Waals surface area contributed by atoms with Crippen LogP contribution in [-0.2, 0) is 9.84 Å². The summed E-state index contributed by atoms with van der Waals surface area (Å²) in [6.07, 6.45) is 1.68. The Hall–Kier alpha value is -2.10. The number of benzene rings is 2.